The average Bonchev–Trinajstić information content (AvgIpc) is 2.77. The Kier molecular flexibility index (Phi) is 4.33. The zero-order valence-electron chi connectivity index (χ0n) is 10.6. The van der Waals surface area contributed by atoms with Gasteiger partial charge in [-0.25, -0.2) is 9.67 Å². The van der Waals surface area contributed by atoms with E-state index in [1.807, 2.05) is 28.9 Å². The molecule has 0 bridgehead atoms. The molecule has 0 aliphatic carbocycles. The molecule has 0 aliphatic heterocycles. The van der Waals surface area contributed by atoms with Crippen LogP contribution in [0.5, 0.6) is 0 Å². The molecule has 0 saturated carbocycles. The molecule has 1 N–H and O–H groups in total. The minimum atomic E-state index is 0.436. The van der Waals surface area contributed by atoms with E-state index in [2.05, 4.69) is 29.2 Å². The summed E-state index contributed by atoms with van der Waals surface area (Å²) in [4.78, 5) is 4.27. The van der Waals surface area contributed by atoms with Gasteiger partial charge in [0.2, 0.25) is 0 Å². The Hall–Kier alpha value is -1.39. The number of hydrogen-bond acceptors (Lipinski definition) is 3. The molecule has 1 heterocycles. The van der Waals surface area contributed by atoms with Crippen LogP contribution in [0.2, 0.25) is 5.02 Å². The molecule has 96 valence electrons. The lowest BCUT2D eigenvalue weighted by Gasteiger charge is -2.09. The van der Waals surface area contributed by atoms with Gasteiger partial charge in [-0.05, 0) is 17.7 Å². The second-order valence-corrected chi connectivity index (χ2v) is 4.93. The molecule has 18 heavy (non-hydrogen) atoms. The average molecular weight is 265 g/mol. The Morgan fingerprint density at radius 3 is 2.67 bits per heavy atom. The van der Waals surface area contributed by atoms with Crippen LogP contribution in [-0.4, -0.2) is 20.8 Å². The largest absolute Gasteiger partial charge is 0.308 e. The van der Waals surface area contributed by atoms with Gasteiger partial charge in [0.05, 0.1) is 13.1 Å². The van der Waals surface area contributed by atoms with Gasteiger partial charge < -0.3 is 5.32 Å². The molecular formula is C13H17ClN4. The lowest BCUT2D eigenvalue weighted by Crippen LogP contribution is -2.24. The number of hydrogen-bond donors (Lipinski definition) is 1. The minimum absolute atomic E-state index is 0.436. The molecule has 1 aromatic carbocycles. The lowest BCUT2D eigenvalue weighted by molar-refractivity contribution is 0.539. The van der Waals surface area contributed by atoms with E-state index >= 15 is 0 Å². The SMILES string of the molecule is CC(C)NCc1ncnn1Cc1ccc(Cl)cc1. The van der Waals surface area contributed by atoms with Crippen LogP contribution in [0.15, 0.2) is 30.6 Å². The highest BCUT2D eigenvalue weighted by atomic mass is 35.5. The van der Waals surface area contributed by atoms with Crippen LogP contribution in [0.4, 0.5) is 0 Å². The Morgan fingerprint density at radius 2 is 2.00 bits per heavy atom. The monoisotopic (exact) mass is 264 g/mol. The maximum atomic E-state index is 5.86. The molecule has 0 unspecified atom stereocenters. The molecule has 0 atom stereocenters. The van der Waals surface area contributed by atoms with Gasteiger partial charge in [0.1, 0.15) is 12.2 Å². The quantitative estimate of drug-likeness (QED) is 0.902. The first-order valence-corrected chi connectivity index (χ1v) is 6.37. The Morgan fingerprint density at radius 1 is 1.28 bits per heavy atom. The molecule has 2 rings (SSSR count). The molecule has 0 radical (unpaired) electrons. The van der Waals surface area contributed by atoms with E-state index in [4.69, 9.17) is 11.6 Å². The summed E-state index contributed by atoms with van der Waals surface area (Å²) in [6.45, 7) is 5.66. The van der Waals surface area contributed by atoms with Gasteiger partial charge in [-0.15, -0.1) is 0 Å². The fourth-order valence-corrected chi connectivity index (χ4v) is 1.74. The fraction of sp³-hybridized carbons (Fsp3) is 0.385. The van der Waals surface area contributed by atoms with Gasteiger partial charge in [0.25, 0.3) is 0 Å². The van der Waals surface area contributed by atoms with Gasteiger partial charge in [-0.1, -0.05) is 37.6 Å². The molecule has 2 aromatic rings. The standard InChI is InChI=1S/C13H17ClN4/c1-10(2)15-7-13-16-9-17-18(13)8-11-3-5-12(14)6-4-11/h3-6,9-10,15H,7-8H2,1-2H3. The van der Waals surface area contributed by atoms with Gasteiger partial charge >= 0.3 is 0 Å². The molecule has 5 heteroatoms. The number of rotatable bonds is 5. The highest BCUT2D eigenvalue weighted by Crippen LogP contribution is 2.10. The number of benzene rings is 1. The van der Waals surface area contributed by atoms with Crippen LogP contribution in [-0.2, 0) is 13.1 Å². The summed E-state index contributed by atoms with van der Waals surface area (Å²) in [7, 11) is 0. The fourth-order valence-electron chi connectivity index (χ4n) is 1.62. The summed E-state index contributed by atoms with van der Waals surface area (Å²) < 4.78 is 1.90. The first kappa shape index (κ1) is 13.1. The van der Waals surface area contributed by atoms with E-state index in [-0.39, 0.29) is 0 Å². The highest BCUT2D eigenvalue weighted by Gasteiger charge is 2.05. The second kappa shape index (κ2) is 5.98. The van der Waals surface area contributed by atoms with Crippen molar-refractivity contribution in [3.63, 3.8) is 0 Å². The lowest BCUT2D eigenvalue weighted by atomic mass is 10.2. The minimum Gasteiger partial charge on any atom is -0.308 e. The second-order valence-electron chi connectivity index (χ2n) is 4.50. The summed E-state index contributed by atoms with van der Waals surface area (Å²) in [6.07, 6.45) is 1.59. The molecule has 0 saturated heterocycles. The van der Waals surface area contributed by atoms with Crippen LogP contribution < -0.4 is 5.32 Å². The van der Waals surface area contributed by atoms with Crippen molar-refractivity contribution in [2.75, 3.05) is 0 Å². The summed E-state index contributed by atoms with van der Waals surface area (Å²) >= 11 is 5.86. The van der Waals surface area contributed by atoms with Gasteiger partial charge in [-0.2, -0.15) is 5.10 Å². The zero-order chi connectivity index (χ0) is 13.0. The Balaban J connectivity index is 2.05. The summed E-state index contributed by atoms with van der Waals surface area (Å²) in [5, 5.41) is 8.33. The van der Waals surface area contributed by atoms with Crippen LogP contribution in [0.1, 0.15) is 25.2 Å². The Bertz CT molecular complexity index is 490. The maximum absolute atomic E-state index is 5.86. The molecule has 0 amide bonds. The van der Waals surface area contributed by atoms with Crippen molar-refractivity contribution in [2.24, 2.45) is 0 Å². The summed E-state index contributed by atoms with van der Waals surface area (Å²) in [5.74, 6) is 0.943. The van der Waals surface area contributed by atoms with Crippen molar-refractivity contribution in [1.82, 2.24) is 20.1 Å². The van der Waals surface area contributed by atoms with Crippen molar-refractivity contribution in [3.8, 4) is 0 Å². The van der Waals surface area contributed by atoms with Crippen molar-refractivity contribution < 1.29 is 0 Å². The van der Waals surface area contributed by atoms with Crippen LogP contribution >= 0.6 is 11.6 Å². The molecule has 0 aliphatic rings. The third-order valence-corrected chi connectivity index (χ3v) is 2.86. The first-order valence-electron chi connectivity index (χ1n) is 5.99. The Labute approximate surface area is 112 Å². The third kappa shape index (κ3) is 3.55. The van der Waals surface area contributed by atoms with E-state index in [1.165, 1.54) is 0 Å². The third-order valence-electron chi connectivity index (χ3n) is 2.61. The van der Waals surface area contributed by atoms with E-state index in [0.717, 1.165) is 23.0 Å². The van der Waals surface area contributed by atoms with Crippen molar-refractivity contribution >= 4 is 11.6 Å². The van der Waals surface area contributed by atoms with Crippen molar-refractivity contribution in [3.05, 3.63) is 47.0 Å². The molecule has 4 nitrogen and oxygen atoms in total. The molecule has 0 fully saturated rings. The molecule has 1 aromatic heterocycles. The smallest absolute Gasteiger partial charge is 0.141 e. The summed E-state index contributed by atoms with van der Waals surface area (Å²) in [5.41, 5.74) is 1.16. The number of nitrogens with zero attached hydrogens (tertiary/aromatic N) is 3. The molecular weight excluding hydrogens is 248 g/mol. The van der Waals surface area contributed by atoms with Crippen LogP contribution in [0.25, 0.3) is 0 Å². The van der Waals surface area contributed by atoms with Crippen molar-refractivity contribution in [2.45, 2.75) is 33.0 Å². The van der Waals surface area contributed by atoms with Crippen LogP contribution in [0, 0.1) is 0 Å². The number of halogens is 1. The normalized spacial score (nSPS) is 11.1. The predicted octanol–water partition coefficient (Wildman–Crippen LogP) is 2.48. The van der Waals surface area contributed by atoms with Crippen LogP contribution in [0.3, 0.4) is 0 Å². The zero-order valence-corrected chi connectivity index (χ0v) is 11.4. The first-order chi connectivity index (χ1) is 8.65. The van der Waals surface area contributed by atoms with E-state index < -0.39 is 0 Å². The van der Waals surface area contributed by atoms with Gasteiger partial charge in [-0.3, -0.25) is 0 Å². The van der Waals surface area contributed by atoms with E-state index in [1.54, 1.807) is 6.33 Å². The van der Waals surface area contributed by atoms with E-state index in [9.17, 15) is 0 Å². The maximum Gasteiger partial charge on any atom is 0.141 e. The summed E-state index contributed by atoms with van der Waals surface area (Å²) in [6, 6.07) is 8.22. The number of nitrogens with one attached hydrogen (secondary N) is 1. The highest BCUT2D eigenvalue weighted by molar-refractivity contribution is 6.30. The van der Waals surface area contributed by atoms with Gasteiger partial charge in [0.15, 0.2) is 0 Å². The van der Waals surface area contributed by atoms with Gasteiger partial charge in [0, 0.05) is 11.1 Å². The number of aromatic nitrogens is 3. The predicted molar refractivity (Wildman–Crippen MR) is 72.6 cm³/mol. The topological polar surface area (TPSA) is 42.7 Å². The van der Waals surface area contributed by atoms with E-state index in [0.29, 0.717) is 12.6 Å². The van der Waals surface area contributed by atoms with Crippen molar-refractivity contribution in [1.29, 1.82) is 0 Å². The molecule has 0 spiro atoms.